The molecule has 0 saturated carbocycles. The van der Waals surface area contributed by atoms with Crippen molar-refractivity contribution in [2.75, 3.05) is 45.2 Å². The van der Waals surface area contributed by atoms with E-state index in [4.69, 9.17) is 4.74 Å². The van der Waals surface area contributed by atoms with E-state index in [9.17, 15) is 27.9 Å². The molecule has 2 N–H and O–H groups in total. The summed E-state index contributed by atoms with van der Waals surface area (Å²) in [5, 5.41) is 17.0. The largest absolute Gasteiger partial charge is 0.497 e. The van der Waals surface area contributed by atoms with Crippen molar-refractivity contribution in [3.05, 3.63) is 77.1 Å². The Morgan fingerprint density at radius 2 is 1.74 bits per heavy atom. The van der Waals surface area contributed by atoms with Gasteiger partial charge in [-0.1, -0.05) is 18.2 Å². The molecular weight excluding hydrogens is 565 g/mol. The smallest absolute Gasteiger partial charge is 0.433 e. The fourth-order valence-corrected chi connectivity index (χ4v) is 5.50. The molecule has 0 spiro atoms. The zero-order valence-electron chi connectivity index (χ0n) is 23.9. The quantitative estimate of drug-likeness (QED) is 0.329. The third-order valence-electron chi connectivity index (χ3n) is 7.59. The number of para-hydroxylation sites is 1. The number of ether oxygens (including phenoxy) is 1. The number of methoxy groups -OCH3 is 1. The zero-order valence-corrected chi connectivity index (χ0v) is 23.9. The van der Waals surface area contributed by atoms with Crippen LogP contribution >= 0.6 is 0 Å². The van der Waals surface area contributed by atoms with Crippen LogP contribution in [0.1, 0.15) is 40.1 Å². The molecule has 2 aromatic heterocycles. The number of amides is 2. The number of fused-ring (bicyclic) bond motifs is 1. The first-order valence-electron chi connectivity index (χ1n) is 13.6. The van der Waals surface area contributed by atoms with E-state index in [1.54, 1.807) is 41.3 Å². The number of hydrogen-bond donors (Lipinski definition) is 2. The van der Waals surface area contributed by atoms with E-state index >= 15 is 0 Å². The Bertz CT molecular complexity index is 1650. The molecule has 2 amide bonds. The molecule has 1 saturated heterocycles. The number of halogens is 3. The molecule has 1 aliphatic heterocycles. The van der Waals surface area contributed by atoms with Crippen LogP contribution in [0.5, 0.6) is 5.75 Å². The summed E-state index contributed by atoms with van der Waals surface area (Å²) in [6.07, 6.45) is -3.62. The van der Waals surface area contributed by atoms with Crippen LogP contribution in [0.2, 0.25) is 0 Å². The second kappa shape index (κ2) is 12.0. The summed E-state index contributed by atoms with van der Waals surface area (Å²) >= 11 is 0. The number of aromatic nitrogens is 3. The molecule has 0 unspecified atom stereocenters. The number of piperazine rings is 1. The van der Waals surface area contributed by atoms with Gasteiger partial charge in [0.25, 0.3) is 5.91 Å². The van der Waals surface area contributed by atoms with Gasteiger partial charge in [-0.3, -0.25) is 14.5 Å². The lowest BCUT2D eigenvalue weighted by atomic mass is 10.0. The summed E-state index contributed by atoms with van der Waals surface area (Å²) in [5.41, 5.74) is 0.518. The Morgan fingerprint density at radius 3 is 2.35 bits per heavy atom. The highest BCUT2D eigenvalue weighted by atomic mass is 19.4. The number of carbonyl (C=O) groups is 2. The Labute approximate surface area is 245 Å². The van der Waals surface area contributed by atoms with Crippen molar-refractivity contribution in [2.45, 2.75) is 26.1 Å². The van der Waals surface area contributed by atoms with Crippen LogP contribution < -0.4 is 10.1 Å². The molecule has 0 aliphatic carbocycles. The molecule has 10 nitrogen and oxygen atoms in total. The van der Waals surface area contributed by atoms with Gasteiger partial charge in [-0.05, 0) is 42.8 Å². The van der Waals surface area contributed by atoms with Crippen molar-refractivity contribution in [1.82, 2.24) is 24.4 Å². The van der Waals surface area contributed by atoms with E-state index in [-0.39, 0.29) is 48.1 Å². The van der Waals surface area contributed by atoms with E-state index in [1.807, 2.05) is 17.0 Å². The van der Waals surface area contributed by atoms with Gasteiger partial charge in [0.15, 0.2) is 11.3 Å². The predicted molar refractivity (Wildman–Crippen MR) is 153 cm³/mol. The Hall–Kier alpha value is -4.49. The summed E-state index contributed by atoms with van der Waals surface area (Å²) in [6, 6.07) is 13.3. The molecule has 0 bridgehead atoms. The summed E-state index contributed by atoms with van der Waals surface area (Å²) in [6.45, 7) is 3.83. The SMILES string of the molecule is COc1ccc(-c2nc3c(C(=O)N4CCN([C@@H](CO)c5ccccc5NC(C)=O)CC4)cnn3c(C(F)(F)F)c2C)cc1. The molecule has 5 rings (SSSR count). The number of aliphatic hydroxyl groups is 1. The standard InChI is InChI=1S/C30H31F3N6O4/c1-18-26(20-8-10-21(43-3)11-9-20)36-28-23(16-34-39(28)27(18)30(31,32)33)29(42)38-14-12-37(13-15-38)25(17-40)22-6-4-5-7-24(22)35-19(2)41/h4-11,16,25,40H,12-15,17H2,1-3H3,(H,35,41)/t25-/m0/s1. The van der Waals surface area contributed by atoms with Gasteiger partial charge in [0.2, 0.25) is 5.91 Å². The number of rotatable bonds is 7. The Balaban J connectivity index is 1.43. The third kappa shape index (κ3) is 5.90. The highest BCUT2D eigenvalue weighted by Crippen LogP contribution is 2.37. The van der Waals surface area contributed by atoms with Crippen molar-refractivity contribution < 1.29 is 32.6 Å². The van der Waals surface area contributed by atoms with Gasteiger partial charge in [0.05, 0.1) is 31.6 Å². The minimum Gasteiger partial charge on any atom is -0.497 e. The van der Waals surface area contributed by atoms with Crippen LogP contribution in [0.15, 0.2) is 54.7 Å². The van der Waals surface area contributed by atoms with E-state index < -0.39 is 23.8 Å². The number of anilines is 1. The van der Waals surface area contributed by atoms with Crippen molar-refractivity contribution >= 4 is 23.1 Å². The molecule has 0 radical (unpaired) electrons. The lowest BCUT2D eigenvalue weighted by Gasteiger charge is -2.39. The first kappa shape index (κ1) is 30.0. The van der Waals surface area contributed by atoms with Gasteiger partial charge in [0.1, 0.15) is 11.3 Å². The van der Waals surface area contributed by atoms with Gasteiger partial charge in [0, 0.05) is 49.9 Å². The minimum atomic E-state index is -4.75. The average Bonchev–Trinajstić information content (AvgIpc) is 3.40. The van der Waals surface area contributed by atoms with Crippen molar-refractivity contribution in [3.63, 3.8) is 0 Å². The maximum atomic E-state index is 14.3. The molecule has 2 aromatic carbocycles. The molecule has 43 heavy (non-hydrogen) atoms. The normalized spacial score (nSPS) is 15.0. The summed E-state index contributed by atoms with van der Waals surface area (Å²) in [7, 11) is 1.49. The number of alkyl halides is 3. The number of benzene rings is 2. The predicted octanol–water partition coefficient (Wildman–Crippen LogP) is 4.18. The van der Waals surface area contributed by atoms with Gasteiger partial charge < -0.3 is 20.1 Å². The van der Waals surface area contributed by atoms with Crippen molar-refractivity contribution in [3.8, 4) is 17.0 Å². The first-order valence-corrected chi connectivity index (χ1v) is 13.6. The van der Waals surface area contributed by atoms with E-state index in [0.717, 1.165) is 11.8 Å². The summed E-state index contributed by atoms with van der Waals surface area (Å²) in [5.74, 6) is -0.181. The van der Waals surface area contributed by atoms with Crippen LogP contribution in [0.4, 0.5) is 18.9 Å². The monoisotopic (exact) mass is 596 g/mol. The fraction of sp³-hybridized carbons (Fsp3) is 0.333. The van der Waals surface area contributed by atoms with Crippen LogP contribution in [-0.4, -0.2) is 81.2 Å². The number of aliphatic hydroxyl groups excluding tert-OH is 1. The average molecular weight is 597 g/mol. The van der Waals surface area contributed by atoms with Crippen LogP contribution in [0, 0.1) is 6.92 Å². The fourth-order valence-electron chi connectivity index (χ4n) is 5.50. The highest BCUT2D eigenvalue weighted by Gasteiger charge is 2.39. The van der Waals surface area contributed by atoms with Gasteiger partial charge in [-0.15, -0.1) is 0 Å². The maximum Gasteiger partial charge on any atom is 0.433 e. The number of nitrogens with zero attached hydrogens (tertiary/aromatic N) is 5. The van der Waals surface area contributed by atoms with Gasteiger partial charge >= 0.3 is 6.18 Å². The second-order valence-corrected chi connectivity index (χ2v) is 10.2. The minimum absolute atomic E-state index is 0.0385. The zero-order chi connectivity index (χ0) is 30.9. The Morgan fingerprint density at radius 1 is 1.07 bits per heavy atom. The topological polar surface area (TPSA) is 112 Å². The maximum absolute atomic E-state index is 14.3. The number of nitrogens with one attached hydrogen (secondary N) is 1. The van der Waals surface area contributed by atoms with Gasteiger partial charge in [-0.2, -0.15) is 18.3 Å². The molecule has 1 fully saturated rings. The molecule has 3 heterocycles. The molecule has 13 heteroatoms. The van der Waals surface area contributed by atoms with Crippen molar-refractivity contribution in [1.29, 1.82) is 0 Å². The number of carbonyl (C=O) groups excluding carboxylic acids is 2. The van der Waals surface area contributed by atoms with Crippen LogP contribution in [-0.2, 0) is 11.0 Å². The van der Waals surface area contributed by atoms with E-state index in [0.29, 0.717) is 34.6 Å². The number of hydrogen-bond acceptors (Lipinski definition) is 7. The molecular formula is C30H31F3N6O4. The lowest BCUT2D eigenvalue weighted by Crippen LogP contribution is -2.50. The first-order chi connectivity index (χ1) is 20.5. The second-order valence-electron chi connectivity index (χ2n) is 10.2. The molecule has 226 valence electrons. The van der Waals surface area contributed by atoms with E-state index in [2.05, 4.69) is 15.4 Å². The van der Waals surface area contributed by atoms with Crippen LogP contribution in [0.25, 0.3) is 16.9 Å². The summed E-state index contributed by atoms with van der Waals surface area (Å²) < 4.78 is 48.7. The van der Waals surface area contributed by atoms with Gasteiger partial charge in [-0.25, -0.2) is 9.50 Å². The highest BCUT2D eigenvalue weighted by molar-refractivity contribution is 6.00. The van der Waals surface area contributed by atoms with Crippen LogP contribution in [0.3, 0.4) is 0 Å². The molecule has 1 aliphatic rings. The Kier molecular flexibility index (Phi) is 8.38. The summed E-state index contributed by atoms with van der Waals surface area (Å²) in [4.78, 5) is 33.4. The molecule has 1 atom stereocenters. The van der Waals surface area contributed by atoms with E-state index in [1.165, 1.54) is 21.0 Å². The lowest BCUT2D eigenvalue weighted by molar-refractivity contribution is -0.143. The third-order valence-corrected chi connectivity index (χ3v) is 7.59. The van der Waals surface area contributed by atoms with Crippen molar-refractivity contribution in [2.24, 2.45) is 0 Å². The molecule has 4 aromatic rings.